The van der Waals surface area contributed by atoms with Crippen LogP contribution < -0.4 is 5.73 Å². The summed E-state index contributed by atoms with van der Waals surface area (Å²) in [6.07, 6.45) is 0. The molecule has 0 saturated carbocycles. The zero-order valence-corrected chi connectivity index (χ0v) is 14.6. The number of rotatable bonds is 3. The fraction of sp³-hybridized carbons (Fsp3) is 0.600. The van der Waals surface area contributed by atoms with Crippen molar-refractivity contribution < 1.29 is 12.8 Å². The quantitative estimate of drug-likeness (QED) is 0.872. The van der Waals surface area contributed by atoms with Gasteiger partial charge in [-0.25, -0.2) is 12.8 Å². The highest BCUT2D eigenvalue weighted by atomic mass is 32.2. The number of aryl methyl sites for hydroxylation is 1. The van der Waals surface area contributed by atoms with Gasteiger partial charge >= 0.3 is 0 Å². The van der Waals surface area contributed by atoms with E-state index in [1.807, 2.05) is 27.7 Å². The van der Waals surface area contributed by atoms with Crippen LogP contribution in [-0.2, 0) is 10.0 Å². The van der Waals surface area contributed by atoms with Gasteiger partial charge in [-0.15, -0.1) is 0 Å². The number of anilines is 1. The molecule has 1 rings (SSSR count). The van der Waals surface area contributed by atoms with E-state index < -0.39 is 15.8 Å². The minimum atomic E-state index is -3.74. The van der Waals surface area contributed by atoms with Crippen LogP contribution in [0.1, 0.15) is 38.8 Å². The molecule has 0 saturated heterocycles. The molecule has 1 unspecified atom stereocenters. The Morgan fingerprint density at radius 1 is 1.29 bits per heavy atom. The Labute approximate surface area is 127 Å². The minimum absolute atomic E-state index is 0.0972. The monoisotopic (exact) mass is 316 g/mol. The lowest BCUT2D eigenvalue weighted by molar-refractivity contribution is 0.216. The molecule has 0 heterocycles. The van der Waals surface area contributed by atoms with Crippen molar-refractivity contribution in [3.63, 3.8) is 0 Å². The number of nitrogens with zero attached hydrogens (tertiary/aromatic N) is 1. The highest BCUT2D eigenvalue weighted by Crippen LogP contribution is 2.33. The molecule has 1 aromatic carbocycles. The Balaban J connectivity index is 3.50. The maximum Gasteiger partial charge on any atom is 0.243 e. The van der Waals surface area contributed by atoms with Gasteiger partial charge in [0.25, 0.3) is 0 Å². The molecular weight excluding hydrogens is 291 g/mol. The molecule has 6 heteroatoms. The van der Waals surface area contributed by atoms with E-state index in [0.29, 0.717) is 5.56 Å². The van der Waals surface area contributed by atoms with Crippen molar-refractivity contribution in [2.75, 3.05) is 12.8 Å². The van der Waals surface area contributed by atoms with Gasteiger partial charge in [-0.3, -0.25) is 0 Å². The lowest BCUT2D eigenvalue weighted by Gasteiger charge is -2.35. The van der Waals surface area contributed by atoms with E-state index in [1.54, 1.807) is 14.0 Å². The van der Waals surface area contributed by atoms with Gasteiger partial charge in [0.15, 0.2) is 0 Å². The minimum Gasteiger partial charge on any atom is -0.396 e. The maximum atomic E-state index is 13.6. The van der Waals surface area contributed by atoms with E-state index in [4.69, 9.17) is 5.73 Å². The van der Waals surface area contributed by atoms with Gasteiger partial charge in [0.2, 0.25) is 10.0 Å². The van der Waals surface area contributed by atoms with Gasteiger partial charge in [-0.2, -0.15) is 4.31 Å². The predicted molar refractivity (Wildman–Crippen MR) is 84.2 cm³/mol. The van der Waals surface area contributed by atoms with Crippen molar-refractivity contribution in [3.05, 3.63) is 23.0 Å². The third-order valence-corrected chi connectivity index (χ3v) is 6.36. The maximum absolute atomic E-state index is 13.6. The molecule has 0 aliphatic heterocycles. The summed E-state index contributed by atoms with van der Waals surface area (Å²) in [5, 5.41) is 0. The molecule has 120 valence electrons. The second-order valence-electron chi connectivity index (χ2n) is 6.61. The summed E-state index contributed by atoms with van der Waals surface area (Å²) in [5.74, 6) is -0.588. The van der Waals surface area contributed by atoms with Crippen LogP contribution in [0.2, 0.25) is 0 Å². The summed E-state index contributed by atoms with van der Waals surface area (Å²) in [4.78, 5) is 0.0972. The van der Waals surface area contributed by atoms with E-state index in [1.165, 1.54) is 17.3 Å². The molecule has 2 N–H and O–H groups in total. The molecule has 0 radical (unpaired) electrons. The van der Waals surface area contributed by atoms with Gasteiger partial charge in [0, 0.05) is 13.1 Å². The Bertz CT molecular complexity index is 649. The van der Waals surface area contributed by atoms with Gasteiger partial charge in [-0.1, -0.05) is 20.8 Å². The first-order chi connectivity index (χ1) is 9.31. The summed E-state index contributed by atoms with van der Waals surface area (Å²) in [7, 11) is -2.19. The fourth-order valence-corrected chi connectivity index (χ4v) is 4.21. The Hall–Kier alpha value is -1.14. The van der Waals surface area contributed by atoms with E-state index in [-0.39, 0.29) is 27.6 Å². The van der Waals surface area contributed by atoms with Crippen LogP contribution in [0, 0.1) is 25.1 Å². The average molecular weight is 316 g/mol. The molecule has 0 amide bonds. The smallest absolute Gasteiger partial charge is 0.243 e. The number of nitrogen functional groups attached to an aromatic ring is 1. The molecule has 0 fully saturated rings. The van der Waals surface area contributed by atoms with E-state index in [9.17, 15) is 12.8 Å². The van der Waals surface area contributed by atoms with Crippen molar-refractivity contribution in [1.82, 2.24) is 4.31 Å². The first-order valence-corrected chi connectivity index (χ1v) is 8.29. The van der Waals surface area contributed by atoms with Crippen LogP contribution in [0.25, 0.3) is 0 Å². The van der Waals surface area contributed by atoms with Crippen molar-refractivity contribution >= 4 is 15.7 Å². The second-order valence-corrected chi connectivity index (χ2v) is 8.54. The van der Waals surface area contributed by atoms with Crippen molar-refractivity contribution in [1.29, 1.82) is 0 Å². The van der Waals surface area contributed by atoms with E-state index in [2.05, 4.69) is 0 Å². The first-order valence-electron chi connectivity index (χ1n) is 6.85. The number of benzene rings is 1. The first kappa shape index (κ1) is 17.9. The second kappa shape index (κ2) is 5.57. The molecule has 0 aliphatic rings. The zero-order valence-electron chi connectivity index (χ0n) is 13.8. The fourth-order valence-electron chi connectivity index (χ4n) is 2.23. The molecule has 4 nitrogen and oxygen atoms in total. The summed E-state index contributed by atoms with van der Waals surface area (Å²) >= 11 is 0. The van der Waals surface area contributed by atoms with Crippen LogP contribution in [0.3, 0.4) is 0 Å². The Morgan fingerprint density at radius 2 is 1.76 bits per heavy atom. The van der Waals surface area contributed by atoms with Gasteiger partial charge in [0.1, 0.15) is 5.82 Å². The predicted octanol–water partition coefficient (Wildman–Crippen LogP) is 3.08. The lowest BCUT2D eigenvalue weighted by Crippen LogP contribution is -2.43. The third-order valence-electron chi connectivity index (χ3n) is 4.14. The number of hydrogen-bond donors (Lipinski definition) is 1. The van der Waals surface area contributed by atoms with Crippen LogP contribution in [0.4, 0.5) is 10.1 Å². The molecular formula is C15H25FN2O2S. The van der Waals surface area contributed by atoms with Gasteiger partial charge < -0.3 is 5.73 Å². The largest absolute Gasteiger partial charge is 0.396 e. The average Bonchev–Trinajstić information content (AvgIpc) is 2.32. The van der Waals surface area contributed by atoms with Crippen molar-refractivity contribution in [2.45, 2.75) is 52.5 Å². The van der Waals surface area contributed by atoms with Crippen molar-refractivity contribution in [2.24, 2.45) is 5.41 Å². The van der Waals surface area contributed by atoms with Crippen molar-refractivity contribution in [3.8, 4) is 0 Å². The SMILES string of the molecule is Cc1cc(F)c(N)c(C)c1S(=O)(=O)N(C)C(C)C(C)(C)C. The normalized spacial score (nSPS) is 14.5. The van der Waals surface area contributed by atoms with Crippen LogP contribution in [0.15, 0.2) is 11.0 Å². The van der Waals surface area contributed by atoms with E-state index in [0.717, 1.165) is 0 Å². The number of nitrogens with two attached hydrogens (primary N) is 1. The zero-order chi connectivity index (χ0) is 16.7. The standard InChI is InChI=1S/C15H25FN2O2S/c1-9-8-12(16)13(17)10(2)14(9)21(19,20)18(7)11(3)15(4,5)6/h8,11H,17H2,1-7H3. The molecule has 1 aromatic rings. The molecule has 0 spiro atoms. The van der Waals surface area contributed by atoms with Crippen LogP contribution in [0.5, 0.6) is 0 Å². The Morgan fingerprint density at radius 3 is 2.19 bits per heavy atom. The van der Waals surface area contributed by atoms with Crippen LogP contribution >= 0.6 is 0 Å². The van der Waals surface area contributed by atoms with Gasteiger partial charge in [0.05, 0.1) is 10.6 Å². The number of sulfonamides is 1. The molecule has 0 aromatic heterocycles. The topological polar surface area (TPSA) is 63.4 Å². The summed E-state index contributed by atoms with van der Waals surface area (Å²) < 4.78 is 40.7. The highest BCUT2D eigenvalue weighted by molar-refractivity contribution is 7.89. The highest BCUT2D eigenvalue weighted by Gasteiger charge is 2.34. The summed E-state index contributed by atoms with van der Waals surface area (Å²) in [5.41, 5.74) is 5.96. The van der Waals surface area contributed by atoms with E-state index >= 15 is 0 Å². The van der Waals surface area contributed by atoms with Crippen LogP contribution in [-0.4, -0.2) is 25.8 Å². The van der Waals surface area contributed by atoms with Gasteiger partial charge in [-0.05, 0) is 43.4 Å². The molecule has 0 bridgehead atoms. The molecule has 1 atom stereocenters. The summed E-state index contributed by atoms with van der Waals surface area (Å²) in [6.45, 7) is 10.9. The number of hydrogen-bond acceptors (Lipinski definition) is 3. The third kappa shape index (κ3) is 3.21. The Kier molecular flexibility index (Phi) is 4.75. The molecule has 0 aliphatic carbocycles. The summed E-state index contributed by atoms with van der Waals surface area (Å²) in [6, 6.07) is 0.956. The number of halogens is 1. The lowest BCUT2D eigenvalue weighted by atomic mass is 9.88. The molecule has 21 heavy (non-hydrogen) atoms.